The van der Waals surface area contributed by atoms with Crippen LogP contribution in [0.4, 0.5) is 11.5 Å². The minimum Gasteiger partial charge on any atom is -0.469 e. The Balaban J connectivity index is 1.36. The number of rotatable bonds is 4. The Bertz CT molecular complexity index is 645. The van der Waals surface area contributed by atoms with Crippen LogP contribution >= 0.6 is 0 Å². The number of furan rings is 1. The van der Waals surface area contributed by atoms with E-state index in [-0.39, 0.29) is 17.7 Å². The highest BCUT2D eigenvalue weighted by atomic mass is 16.3. The number of amides is 1. The van der Waals surface area contributed by atoms with Gasteiger partial charge in [-0.15, -0.1) is 0 Å². The first kappa shape index (κ1) is 13.4. The number of carbonyl (C=O) groups excluding carboxylic acids is 1. The van der Waals surface area contributed by atoms with Crippen LogP contribution in [0, 0.1) is 5.92 Å². The lowest BCUT2D eigenvalue weighted by Crippen LogP contribution is -2.19. The molecule has 0 radical (unpaired) electrons. The Morgan fingerprint density at radius 3 is 2.82 bits per heavy atom. The average molecular weight is 297 g/mol. The Labute approximate surface area is 129 Å². The van der Waals surface area contributed by atoms with E-state index in [1.165, 1.54) is 12.8 Å². The molecule has 1 aliphatic heterocycles. The zero-order valence-corrected chi connectivity index (χ0v) is 12.4. The summed E-state index contributed by atoms with van der Waals surface area (Å²) in [6.45, 7) is 2.15. The van der Waals surface area contributed by atoms with Crippen LogP contribution in [0.25, 0.3) is 0 Å². The van der Waals surface area contributed by atoms with E-state index in [9.17, 15) is 4.79 Å². The first-order valence-corrected chi connectivity index (χ1v) is 7.86. The summed E-state index contributed by atoms with van der Waals surface area (Å²) in [5, 5.41) is 2.95. The number of hydrogen-bond acceptors (Lipinski definition) is 4. The van der Waals surface area contributed by atoms with Gasteiger partial charge in [-0.2, -0.15) is 0 Å². The lowest BCUT2D eigenvalue weighted by Gasteiger charge is -2.16. The van der Waals surface area contributed by atoms with Crippen molar-refractivity contribution >= 4 is 17.4 Å². The van der Waals surface area contributed by atoms with E-state index in [0.29, 0.717) is 0 Å². The second-order valence-corrected chi connectivity index (χ2v) is 6.05. The van der Waals surface area contributed by atoms with Crippen LogP contribution < -0.4 is 10.2 Å². The predicted octanol–water partition coefficient (Wildman–Crippen LogP) is 3.02. The smallest absolute Gasteiger partial charge is 0.228 e. The van der Waals surface area contributed by atoms with Gasteiger partial charge in [-0.05, 0) is 43.5 Å². The fourth-order valence-electron chi connectivity index (χ4n) is 3.13. The van der Waals surface area contributed by atoms with Gasteiger partial charge < -0.3 is 14.6 Å². The third kappa shape index (κ3) is 2.58. The van der Waals surface area contributed by atoms with Crippen LogP contribution in [0.5, 0.6) is 0 Å². The molecule has 0 aromatic carbocycles. The van der Waals surface area contributed by atoms with Gasteiger partial charge >= 0.3 is 0 Å². The number of nitrogens with zero attached hydrogens (tertiary/aromatic N) is 2. The van der Waals surface area contributed by atoms with Gasteiger partial charge in [0.05, 0.1) is 18.1 Å². The molecule has 1 amide bonds. The van der Waals surface area contributed by atoms with Crippen molar-refractivity contribution in [3.63, 3.8) is 0 Å². The van der Waals surface area contributed by atoms with E-state index in [0.717, 1.165) is 36.8 Å². The summed E-state index contributed by atoms with van der Waals surface area (Å²) in [6.07, 6.45) is 6.73. The maximum absolute atomic E-state index is 12.2. The summed E-state index contributed by atoms with van der Waals surface area (Å²) in [4.78, 5) is 19.0. The molecule has 5 nitrogen and oxygen atoms in total. The Kier molecular flexibility index (Phi) is 3.33. The van der Waals surface area contributed by atoms with Gasteiger partial charge in [0.2, 0.25) is 5.91 Å². The summed E-state index contributed by atoms with van der Waals surface area (Å²) in [6, 6.07) is 7.72. The molecule has 1 saturated heterocycles. The molecule has 2 aromatic heterocycles. The minimum absolute atomic E-state index is 0.0180. The molecule has 1 N–H and O–H groups in total. The molecule has 0 spiro atoms. The molecule has 1 saturated carbocycles. The van der Waals surface area contributed by atoms with Crippen LogP contribution in [-0.4, -0.2) is 24.0 Å². The molecule has 2 aromatic rings. The fraction of sp³-hybridized carbons (Fsp3) is 0.412. The minimum atomic E-state index is 0.0180. The van der Waals surface area contributed by atoms with Gasteiger partial charge in [0.15, 0.2) is 0 Å². The Morgan fingerprint density at radius 1 is 1.27 bits per heavy atom. The van der Waals surface area contributed by atoms with Gasteiger partial charge in [0, 0.05) is 24.9 Å². The van der Waals surface area contributed by atoms with Crippen molar-refractivity contribution in [2.45, 2.75) is 25.2 Å². The standard InChI is InChI=1S/C17H19N3O2/c21-17(14-10-13(14)15-4-3-9-22-15)19-12-5-6-16(18-11-12)20-7-1-2-8-20/h3-6,9,11,13-14H,1-2,7-8,10H2,(H,19,21)/t13-,14+/m0/s1. The second-order valence-electron chi connectivity index (χ2n) is 6.05. The average Bonchev–Trinajstić information content (AvgIpc) is 2.97. The molecule has 2 aliphatic rings. The summed E-state index contributed by atoms with van der Waals surface area (Å²) >= 11 is 0. The van der Waals surface area contributed by atoms with Gasteiger partial charge in [-0.3, -0.25) is 4.79 Å². The molecule has 2 atom stereocenters. The number of anilines is 2. The van der Waals surface area contributed by atoms with E-state index in [1.54, 1.807) is 12.5 Å². The highest BCUT2D eigenvalue weighted by Crippen LogP contribution is 2.48. The van der Waals surface area contributed by atoms with Crippen molar-refractivity contribution in [2.24, 2.45) is 5.92 Å². The van der Waals surface area contributed by atoms with E-state index in [1.807, 2.05) is 24.3 Å². The largest absolute Gasteiger partial charge is 0.469 e. The van der Waals surface area contributed by atoms with E-state index < -0.39 is 0 Å². The topological polar surface area (TPSA) is 58.4 Å². The van der Waals surface area contributed by atoms with Gasteiger partial charge in [-0.25, -0.2) is 4.98 Å². The molecule has 4 rings (SSSR count). The summed E-state index contributed by atoms with van der Waals surface area (Å²) in [5.41, 5.74) is 0.762. The number of nitrogens with one attached hydrogen (secondary N) is 1. The molecule has 22 heavy (non-hydrogen) atoms. The van der Waals surface area contributed by atoms with Crippen LogP contribution in [-0.2, 0) is 4.79 Å². The maximum Gasteiger partial charge on any atom is 0.228 e. The molecule has 5 heteroatoms. The van der Waals surface area contributed by atoms with Crippen LogP contribution in [0.3, 0.4) is 0 Å². The van der Waals surface area contributed by atoms with Gasteiger partial charge in [0.1, 0.15) is 11.6 Å². The maximum atomic E-state index is 12.2. The lowest BCUT2D eigenvalue weighted by atomic mass is 10.2. The molecule has 1 aliphatic carbocycles. The second kappa shape index (κ2) is 5.48. The van der Waals surface area contributed by atoms with Crippen molar-refractivity contribution in [1.82, 2.24) is 4.98 Å². The van der Waals surface area contributed by atoms with Crippen molar-refractivity contribution in [2.75, 3.05) is 23.3 Å². The quantitative estimate of drug-likeness (QED) is 0.942. The molecule has 0 unspecified atom stereocenters. The molecular formula is C17H19N3O2. The highest BCUT2D eigenvalue weighted by molar-refractivity contribution is 5.95. The lowest BCUT2D eigenvalue weighted by molar-refractivity contribution is -0.117. The highest BCUT2D eigenvalue weighted by Gasteiger charge is 2.45. The number of pyridine rings is 1. The summed E-state index contributed by atoms with van der Waals surface area (Å²) < 4.78 is 5.36. The van der Waals surface area contributed by atoms with E-state index in [4.69, 9.17) is 4.42 Å². The van der Waals surface area contributed by atoms with E-state index >= 15 is 0 Å². The third-order valence-electron chi connectivity index (χ3n) is 4.48. The molecule has 2 fully saturated rings. The van der Waals surface area contributed by atoms with Crippen LogP contribution in [0.2, 0.25) is 0 Å². The fourth-order valence-corrected chi connectivity index (χ4v) is 3.13. The van der Waals surface area contributed by atoms with Crippen molar-refractivity contribution in [1.29, 1.82) is 0 Å². The molecular weight excluding hydrogens is 278 g/mol. The summed E-state index contributed by atoms with van der Waals surface area (Å²) in [7, 11) is 0. The van der Waals surface area contributed by atoms with Gasteiger partial charge in [-0.1, -0.05) is 0 Å². The number of aromatic nitrogens is 1. The third-order valence-corrected chi connectivity index (χ3v) is 4.48. The Hall–Kier alpha value is -2.30. The van der Waals surface area contributed by atoms with Crippen molar-refractivity contribution < 1.29 is 9.21 Å². The zero-order valence-electron chi connectivity index (χ0n) is 12.4. The molecule has 114 valence electrons. The zero-order chi connectivity index (χ0) is 14.9. The number of hydrogen-bond donors (Lipinski definition) is 1. The summed E-state index contributed by atoms with van der Waals surface area (Å²) in [5.74, 6) is 2.20. The Morgan fingerprint density at radius 2 is 2.14 bits per heavy atom. The predicted molar refractivity (Wildman–Crippen MR) is 83.9 cm³/mol. The molecule has 3 heterocycles. The normalized spacial score (nSPS) is 23.5. The molecule has 0 bridgehead atoms. The number of carbonyl (C=O) groups is 1. The van der Waals surface area contributed by atoms with Crippen molar-refractivity contribution in [3.8, 4) is 0 Å². The SMILES string of the molecule is O=C(Nc1ccc(N2CCCC2)nc1)[C@@H]1C[C@@H]1c1ccco1. The van der Waals surface area contributed by atoms with Crippen molar-refractivity contribution in [3.05, 3.63) is 42.5 Å². The first-order chi connectivity index (χ1) is 10.8. The van der Waals surface area contributed by atoms with E-state index in [2.05, 4.69) is 15.2 Å². The van der Waals surface area contributed by atoms with Crippen LogP contribution in [0.15, 0.2) is 41.1 Å². The van der Waals surface area contributed by atoms with Gasteiger partial charge in [0.25, 0.3) is 0 Å². The first-order valence-electron chi connectivity index (χ1n) is 7.86. The van der Waals surface area contributed by atoms with Crippen LogP contribution in [0.1, 0.15) is 30.9 Å². The monoisotopic (exact) mass is 297 g/mol.